The molecule has 2 heteroatoms. The van der Waals surface area contributed by atoms with Crippen molar-refractivity contribution in [2.45, 2.75) is 131 Å². The molecule has 4 aliphatic rings. The van der Waals surface area contributed by atoms with Crippen LogP contribution in [0, 0.1) is 34.5 Å². The number of rotatable bonds is 6. The topological polar surface area (TPSA) is 9.23 Å². The fourth-order valence-electron chi connectivity index (χ4n) is 8.84. The highest BCUT2D eigenvalue weighted by Gasteiger charge is 2.56. The molecule has 1 nitrogen and oxygen atoms in total. The van der Waals surface area contributed by atoms with Crippen molar-refractivity contribution < 1.29 is 4.43 Å². The minimum atomic E-state index is -1.44. The van der Waals surface area contributed by atoms with Crippen molar-refractivity contribution in [1.82, 2.24) is 0 Å². The van der Waals surface area contributed by atoms with Gasteiger partial charge in [0.25, 0.3) is 0 Å². The third-order valence-corrected chi connectivity index (χ3v) is 11.4. The Labute approximate surface area is 201 Å². The minimum absolute atomic E-state index is 0.474. The SMILES string of the molecule is CC(C)=CCC[C@@H](C)[C@H]1CC[C@H]2C3=C(CC[C@]12C)[C@@]1(C)CCC(O[Si](C)(C)C)C[C@@H]1CC3. The van der Waals surface area contributed by atoms with Gasteiger partial charge in [0.1, 0.15) is 0 Å². The summed E-state index contributed by atoms with van der Waals surface area (Å²) in [5.74, 6) is 3.54. The van der Waals surface area contributed by atoms with Crippen LogP contribution in [0.15, 0.2) is 22.8 Å². The lowest BCUT2D eigenvalue weighted by Gasteiger charge is -2.55. The highest BCUT2D eigenvalue weighted by atomic mass is 28.4. The largest absolute Gasteiger partial charge is 0.415 e. The number of hydrogen-bond donors (Lipinski definition) is 0. The Kier molecular flexibility index (Phi) is 6.99. The van der Waals surface area contributed by atoms with Crippen molar-refractivity contribution in [2.24, 2.45) is 34.5 Å². The standard InChI is InChI=1S/C30H52OSi/c1-21(2)10-9-11-22(3)26-14-15-27-25-13-12-23-20-24(31-32(6,7)8)16-18-29(23,4)28(25)17-19-30(26,27)5/h10,22-24,26-27H,9,11-20H2,1-8H3/t22-,23+,24?,26-,27+,29+,30-/m1/s1. The second-order valence-electron chi connectivity index (χ2n) is 13.9. The molecule has 0 spiro atoms. The van der Waals surface area contributed by atoms with Gasteiger partial charge in [-0.15, -0.1) is 0 Å². The van der Waals surface area contributed by atoms with E-state index in [0.717, 1.165) is 23.7 Å². The number of allylic oxidation sites excluding steroid dienone is 4. The van der Waals surface area contributed by atoms with E-state index in [-0.39, 0.29) is 0 Å². The Morgan fingerprint density at radius 3 is 2.50 bits per heavy atom. The van der Waals surface area contributed by atoms with Crippen LogP contribution in [0.3, 0.4) is 0 Å². The lowest BCUT2D eigenvalue weighted by molar-refractivity contribution is 0.0208. The average molecular weight is 457 g/mol. The molecule has 182 valence electrons. The first-order valence-corrected chi connectivity index (χ1v) is 17.4. The molecule has 4 aliphatic carbocycles. The zero-order chi connectivity index (χ0) is 23.3. The van der Waals surface area contributed by atoms with Crippen molar-refractivity contribution in [1.29, 1.82) is 0 Å². The van der Waals surface area contributed by atoms with Gasteiger partial charge in [0.15, 0.2) is 8.32 Å². The van der Waals surface area contributed by atoms with E-state index >= 15 is 0 Å². The van der Waals surface area contributed by atoms with Gasteiger partial charge in [0, 0.05) is 6.10 Å². The van der Waals surface area contributed by atoms with Gasteiger partial charge < -0.3 is 4.43 Å². The van der Waals surface area contributed by atoms with Crippen molar-refractivity contribution in [3.63, 3.8) is 0 Å². The predicted molar refractivity (Wildman–Crippen MR) is 141 cm³/mol. The molecule has 0 aromatic rings. The molecule has 0 aliphatic heterocycles. The van der Waals surface area contributed by atoms with Crippen LogP contribution in [0.5, 0.6) is 0 Å². The predicted octanol–water partition coefficient (Wildman–Crippen LogP) is 9.31. The fraction of sp³-hybridized carbons (Fsp3) is 0.867. The van der Waals surface area contributed by atoms with Crippen LogP contribution in [-0.4, -0.2) is 14.4 Å². The molecule has 0 aromatic heterocycles. The highest BCUT2D eigenvalue weighted by Crippen LogP contribution is 2.66. The van der Waals surface area contributed by atoms with E-state index < -0.39 is 8.32 Å². The zero-order valence-corrected chi connectivity index (χ0v) is 23.7. The molecule has 0 N–H and O–H groups in total. The van der Waals surface area contributed by atoms with Gasteiger partial charge in [0.2, 0.25) is 0 Å². The summed E-state index contributed by atoms with van der Waals surface area (Å²) in [6.45, 7) is 19.5. The molecule has 0 radical (unpaired) electrons. The first kappa shape index (κ1) is 24.8. The summed E-state index contributed by atoms with van der Waals surface area (Å²) >= 11 is 0. The second-order valence-corrected chi connectivity index (χ2v) is 18.3. The van der Waals surface area contributed by atoms with Crippen LogP contribution in [0.25, 0.3) is 0 Å². The van der Waals surface area contributed by atoms with Gasteiger partial charge in [-0.1, -0.05) is 43.6 Å². The summed E-state index contributed by atoms with van der Waals surface area (Å²) in [6, 6.07) is 0. The molecule has 1 unspecified atom stereocenters. The van der Waals surface area contributed by atoms with Crippen molar-refractivity contribution in [3.05, 3.63) is 22.8 Å². The van der Waals surface area contributed by atoms with Crippen LogP contribution in [-0.2, 0) is 4.43 Å². The Morgan fingerprint density at radius 1 is 1.06 bits per heavy atom. The molecule has 7 atom stereocenters. The maximum Gasteiger partial charge on any atom is 0.184 e. The summed E-state index contributed by atoms with van der Waals surface area (Å²) in [6.07, 6.45) is 18.2. The van der Waals surface area contributed by atoms with Gasteiger partial charge in [-0.05, 0) is 139 Å². The normalized spacial score (nSPS) is 40.4. The molecule has 4 rings (SSSR count). The Bertz CT molecular complexity index is 753. The lowest BCUT2D eigenvalue weighted by Crippen LogP contribution is -2.47. The summed E-state index contributed by atoms with van der Waals surface area (Å²) in [4.78, 5) is 0. The van der Waals surface area contributed by atoms with Gasteiger partial charge in [-0.3, -0.25) is 0 Å². The van der Waals surface area contributed by atoms with Crippen LogP contribution < -0.4 is 0 Å². The Hall–Kier alpha value is -0.343. The smallest absolute Gasteiger partial charge is 0.184 e. The quantitative estimate of drug-likeness (QED) is 0.286. The molecule has 2 fully saturated rings. The van der Waals surface area contributed by atoms with E-state index in [1.807, 2.05) is 11.1 Å². The third-order valence-electron chi connectivity index (χ3n) is 10.4. The van der Waals surface area contributed by atoms with Crippen molar-refractivity contribution in [3.8, 4) is 0 Å². The first-order valence-electron chi connectivity index (χ1n) is 14.0. The van der Waals surface area contributed by atoms with E-state index in [2.05, 4.69) is 60.3 Å². The molecule has 0 aromatic carbocycles. The molecule has 0 saturated heterocycles. The van der Waals surface area contributed by atoms with Crippen LogP contribution in [0.2, 0.25) is 19.6 Å². The third kappa shape index (κ3) is 4.61. The van der Waals surface area contributed by atoms with E-state index in [9.17, 15) is 0 Å². The average Bonchev–Trinajstić information content (AvgIpc) is 3.04. The van der Waals surface area contributed by atoms with E-state index in [0.29, 0.717) is 16.9 Å². The van der Waals surface area contributed by atoms with Crippen LogP contribution in [0.1, 0.15) is 105 Å². The lowest BCUT2D eigenvalue weighted by atomic mass is 9.50. The van der Waals surface area contributed by atoms with Gasteiger partial charge >= 0.3 is 0 Å². The molecule has 0 amide bonds. The summed E-state index contributed by atoms with van der Waals surface area (Å²) < 4.78 is 6.60. The molecular formula is C30H52OSi. The van der Waals surface area contributed by atoms with Crippen LogP contribution >= 0.6 is 0 Å². The van der Waals surface area contributed by atoms with E-state index in [1.165, 1.54) is 76.2 Å². The Balaban J connectivity index is 1.50. The Morgan fingerprint density at radius 2 is 1.81 bits per heavy atom. The van der Waals surface area contributed by atoms with Crippen molar-refractivity contribution in [2.75, 3.05) is 0 Å². The molecule has 2 saturated carbocycles. The van der Waals surface area contributed by atoms with Gasteiger partial charge in [0.05, 0.1) is 0 Å². The number of fused-ring (bicyclic) bond motifs is 4. The van der Waals surface area contributed by atoms with E-state index in [4.69, 9.17) is 4.43 Å². The fourth-order valence-corrected chi connectivity index (χ4v) is 10.1. The summed E-state index contributed by atoms with van der Waals surface area (Å²) in [5, 5.41) is 0. The number of hydrogen-bond acceptors (Lipinski definition) is 1. The minimum Gasteiger partial charge on any atom is -0.415 e. The van der Waals surface area contributed by atoms with Crippen LogP contribution in [0.4, 0.5) is 0 Å². The molecule has 0 bridgehead atoms. The van der Waals surface area contributed by atoms with Gasteiger partial charge in [-0.2, -0.15) is 0 Å². The summed E-state index contributed by atoms with van der Waals surface area (Å²) in [7, 11) is -1.44. The molecule has 0 heterocycles. The second kappa shape index (κ2) is 9.03. The maximum atomic E-state index is 6.60. The maximum absolute atomic E-state index is 6.60. The molecular weight excluding hydrogens is 404 g/mol. The van der Waals surface area contributed by atoms with Gasteiger partial charge in [-0.25, -0.2) is 0 Å². The monoisotopic (exact) mass is 456 g/mol. The highest BCUT2D eigenvalue weighted by molar-refractivity contribution is 6.69. The van der Waals surface area contributed by atoms with E-state index in [1.54, 1.807) is 0 Å². The zero-order valence-electron chi connectivity index (χ0n) is 22.7. The molecule has 32 heavy (non-hydrogen) atoms. The first-order chi connectivity index (χ1) is 14.9. The summed E-state index contributed by atoms with van der Waals surface area (Å²) in [5.41, 5.74) is 6.42. The van der Waals surface area contributed by atoms with Crippen molar-refractivity contribution >= 4 is 8.32 Å².